The summed E-state index contributed by atoms with van der Waals surface area (Å²) in [5, 5.41) is 14.5. The zero-order valence-electron chi connectivity index (χ0n) is 11.4. The van der Waals surface area contributed by atoms with Crippen molar-refractivity contribution in [2.75, 3.05) is 0 Å². The van der Waals surface area contributed by atoms with Crippen LogP contribution in [0.2, 0.25) is 0 Å². The van der Waals surface area contributed by atoms with Gasteiger partial charge < -0.3 is 15.2 Å². The van der Waals surface area contributed by atoms with Gasteiger partial charge in [-0.05, 0) is 25.7 Å². The van der Waals surface area contributed by atoms with Gasteiger partial charge in [0, 0.05) is 31.5 Å². The van der Waals surface area contributed by atoms with Crippen LogP contribution in [0.25, 0.3) is 0 Å². The van der Waals surface area contributed by atoms with E-state index in [1.807, 2.05) is 0 Å². The molecule has 2 amide bonds. The van der Waals surface area contributed by atoms with Gasteiger partial charge >= 0.3 is 6.03 Å². The Hall–Kier alpha value is -1.59. The molecule has 0 aromatic carbocycles. The fourth-order valence-electron chi connectivity index (χ4n) is 2.73. The lowest BCUT2D eigenvalue weighted by atomic mass is 9.93. The fraction of sp³-hybridized carbons (Fsp3) is 0.769. The van der Waals surface area contributed by atoms with E-state index in [2.05, 4.69) is 32.3 Å². The van der Waals surface area contributed by atoms with Crippen molar-refractivity contribution in [1.82, 2.24) is 25.4 Å². The van der Waals surface area contributed by atoms with E-state index in [4.69, 9.17) is 0 Å². The minimum absolute atomic E-state index is 0.0238. The normalized spacial score (nSPS) is 22.5. The van der Waals surface area contributed by atoms with Crippen molar-refractivity contribution in [1.29, 1.82) is 0 Å². The number of carbonyl (C=O) groups excluding carboxylic acids is 1. The molecule has 1 aromatic rings. The summed E-state index contributed by atoms with van der Waals surface area (Å²) in [7, 11) is 0. The number of hydrogen-bond acceptors (Lipinski definition) is 3. The molecule has 6 nitrogen and oxygen atoms in total. The zero-order chi connectivity index (χ0) is 13.2. The third-order valence-corrected chi connectivity index (χ3v) is 4.12. The molecule has 0 bridgehead atoms. The van der Waals surface area contributed by atoms with Crippen LogP contribution in [0, 0.1) is 0 Å². The van der Waals surface area contributed by atoms with Crippen molar-refractivity contribution >= 4 is 6.03 Å². The number of urea groups is 1. The second-order valence-corrected chi connectivity index (χ2v) is 5.48. The molecule has 6 heteroatoms. The fourth-order valence-corrected chi connectivity index (χ4v) is 2.73. The van der Waals surface area contributed by atoms with Crippen LogP contribution in [0.3, 0.4) is 0 Å². The Kier molecular flexibility index (Phi) is 3.40. The van der Waals surface area contributed by atoms with Crippen LogP contribution in [0.15, 0.2) is 0 Å². The molecule has 1 saturated carbocycles. The molecule has 1 fully saturated rings. The summed E-state index contributed by atoms with van der Waals surface area (Å²) in [5.41, 5.74) is 0. The molecule has 3 rings (SSSR count). The first kappa shape index (κ1) is 12.4. The predicted octanol–water partition coefficient (Wildman–Crippen LogP) is 1.01. The highest BCUT2D eigenvalue weighted by atomic mass is 16.2. The van der Waals surface area contributed by atoms with Gasteiger partial charge in [-0.3, -0.25) is 0 Å². The van der Waals surface area contributed by atoms with E-state index in [0.717, 1.165) is 50.3 Å². The molecule has 1 atom stereocenters. The van der Waals surface area contributed by atoms with Crippen LogP contribution in [0.5, 0.6) is 0 Å². The average molecular weight is 263 g/mol. The van der Waals surface area contributed by atoms with Crippen LogP contribution in [0.4, 0.5) is 4.79 Å². The molecule has 1 unspecified atom stereocenters. The SMILES string of the molecule is CCc1nnc2n1CC(NC(=O)NC1CCC1)CC2. The van der Waals surface area contributed by atoms with Crippen LogP contribution in [0.1, 0.15) is 44.3 Å². The monoisotopic (exact) mass is 263 g/mol. The Morgan fingerprint density at radius 1 is 1.26 bits per heavy atom. The highest BCUT2D eigenvalue weighted by Crippen LogP contribution is 2.18. The summed E-state index contributed by atoms with van der Waals surface area (Å²) in [4.78, 5) is 11.9. The van der Waals surface area contributed by atoms with Crippen molar-refractivity contribution in [2.24, 2.45) is 0 Å². The summed E-state index contributed by atoms with van der Waals surface area (Å²) in [6.07, 6.45) is 6.19. The molecule has 19 heavy (non-hydrogen) atoms. The minimum Gasteiger partial charge on any atom is -0.335 e. The van der Waals surface area contributed by atoms with Crippen LogP contribution in [-0.4, -0.2) is 32.9 Å². The maximum atomic E-state index is 11.9. The molecule has 2 heterocycles. The van der Waals surface area contributed by atoms with Gasteiger partial charge in [0.2, 0.25) is 0 Å². The van der Waals surface area contributed by atoms with Crippen molar-refractivity contribution in [3.05, 3.63) is 11.6 Å². The van der Waals surface area contributed by atoms with Crippen molar-refractivity contribution in [3.8, 4) is 0 Å². The quantitative estimate of drug-likeness (QED) is 0.855. The first-order valence-corrected chi connectivity index (χ1v) is 7.24. The Bertz CT molecular complexity index is 452. The van der Waals surface area contributed by atoms with E-state index in [1.54, 1.807) is 0 Å². The van der Waals surface area contributed by atoms with Crippen molar-refractivity contribution in [3.63, 3.8) is 0 Å². The van der Waals surface area contributed by atoms with Crippen molar-refractivity contribution < 1.29 is 4.79 Å². The second kappa shape index (κ2) is 5.19. The molecule has 1 aliphatic heterocycles. The lowest BCUT2D eigenvalue weighted by Crippen LogP contribution is -2.50. The Morgan fingerprint density at radius 3 is 2.74 bits per heavy atom. The average Bonchev–Trinajstić information content (AvgIpc) is 2.76. The van der Waals surface area contributed by atoms with Gasteiger partial charge in [-0.1, -0.05) is 6.92 Å². The topological polar surface area (TPSA) is 71.8 Å². The van der Waals surface area contributed by atoms with E-state index < -0.39 is 0 Å². The van der Waals surface area contributed by atoms with E-state index in [0.29, 0.717) is 6.04 Å². The third-order valence-electron chi connectivity index (χ3n) is 4.12. The molecular weight excluding hydrogens is 242 g/mol. The van der Waals surface area contributed by atoms with Gasteiger partial charge in [0.25, 0.3) is 0 Å². The van der Waals surface area contributed by atoms with E-state index >= 15 is 0 Å². The smallest absolute Gasteiger partial charge is 0.315 e. The highest BCUT2D eigenvalue weighted by Gasteiger charge is 2.25. The highest BCUT2D eigenvalue weighted by molar-refractivity contribution is 5.74. The number of hydrogen-bond donors (Lipinski definition) is 2. The molecule has 0 spiro atoms. The summed E-state index contributed by atoms with van der Waals surface area (Å²) in [6, 6.07) is 0.554. The van der Waals surface area contributed by atoms with Crippen LogP contribution in [-0.2, 0) is 19.4 Å². The molecule has 2 N–H and O–H groups in total. The number of nitrogens with one attached hydrogen (secondary N) is 2. The molecule has 0 radical (unpaired) electrons. The molecule has 2 aliphatic rings. The lowest BCUT2D eigenvalue weighted by Gasteiger charge is -2.29. The number of aromatic nitrogens is 3. The van der Waals surface area contributed by atoms with E-state index in [-0.39, 0.29) is 12.1 Å². The molecular formula is C13H21N5O. The summed E-state index contributed by atoms with van der Waals surface area (Å²) >= 11 is 0. The molecule has 1 aliphatic carbocycles. The van der Waals surface area contributed by atoms with Crippen LogP contribution >= 0.6 is 0 Å². The van der Waals surface area contributed by atoms with Gasteiger partial charge in [-0.25, -0.2) is 4.79 Å². The minimum atomic E-state index is -0.0238. The number of rotatable bonds is 3. The lowest BCUT2D eigenvalue weighted by molar-refractivity contribution is 0.220. The Balaban J connectivity index is 1.57. The summed E-state index contributed by atoms with van der Waals surface area (Å²) in [6.45, 7) is 2.88. The summed E-state index contributed by atoms with van der Waals surface area (Å²) < 4.78 is 2.15. The van der Waals surface area contributed by atoms with Crippen molar-refractivity contribution in [2.45, 2.75) is 64.1 Å². The largest absolute Gasteiger partial charge is 0.335 e. The second-order valence-electron chi connectivity index (χ2n) is 5.48. The molecule has 1 aromatic heterocycles. The maximum absolute atomic E-state index is 11.9. The Labute approximate surface area is 113 Å². The number of fused-ring (bicyclic) bond motifs is 1. The number of aryl methyl sites for hydroxylation is 2. The first-order chi connectivity index (χ1) is 9.26. The van der Waals surface area contributed by atoms with Gasteiger partial charge in [0.05, 0.1) is 0 Å². The van der Waals surface area contributed by atoms with Gasteiger partial charge in [0.15, 0.2) is 0 Å². The summed E-state index contributed by atoms with van der Waals surface area (Å²) in [5.74, 6) is 2.07. The van der Waals surface area contributed by atoms with Gasteiger partial charge in [-0.2, -0.15) is 0 Å². The molecule has 104 valence electrons. The standard InChI is InChI=1S/C13H21N5O/c1-2-11-16-17-12-7-6-10(8-18(11)12)15-13(19)14-9-4-3-5-9/h9-10H,2-8H2,1H3,(H2,14,15,19). The number of nitrogens with zero attached hydrogens (tertiary/aromatic N) is 3. The van der Waals surface area contributed by atoms with E-state index in [1.165, 1.54) is 6.42 Å². The van der Waals surface area contributed by atoms with Crippen LogP contribution < -0.4 is 10.6 Å². The van der Waals surface area contributed by atoms with Gasteiger partial charge in [-0.15, -0.1) is 10.2 Å². The third kappa shape index (κ3) is 2.57. The first-order valence-electron chi connectivity index (χ1n) is 7.24. The number of carbonyl (C=O) groups is 1. The van der Waals surface area contributed by atoms with Gasteiger partial charge in [0.1, 0.15) is 11.6 Å². The predicted molar refractivity (Wildman–Crippen MR) is 70.8 cm³/mol. The Morgan fingerprint density at radius 2 is 2.05 bits per heavy atom. The molecule has 0 saturated heterocycles. The number of amides is 2. The zero-order valence-corrected chi connectivity index (χ0v) is 11.4. The van der Waals surface area contributed by atoms with E-state index in [9.17, 15) is 4.79 Å². The maximum Gasteiger partial charge on any atom is 0.315 e.